The third kappa shape index (κ3) is 2.01. The molecule has 2 aliphatic heterocycles. The molecule has 2 nitrogen and oxygen atoms in total. The molecular weight excluding hydrogens is 268 g/mol. The standard InChI is InChI=1S/C20H16N2/c1-3-9-17(10-4-1)20(18-11-5-2-6-12-18)14-16-22-15-8-7-13-19(22)21-20/h1-16H. The lowest BCUT2D eigenvalue weighted by Gasteiger charge is -2.34. The highest BCUT2D eigenvalue weighted by Gasteiger charge is 2.34. The molecule has 0 atom stereocenters. The second-order valence-electron chi connectivity index (χ2n) is 5.39. The van der Waals surface area contributed by atoms with Gasteiger partial charge in [-0.2, -0.15) is 0 Å². The first-order valence-electron chi connectivity index (χ1n) is 7.42. The monoisotopic (exact) mass is 284 g/mol. The van der Waals surface area contributed by atoms with Crippen LogP contribution in [-0.2, 0) is 5.54 Å². The van der Waals surface area contributed by atoms with Crippen LogP contribution in [0.2, 0.25) is 0 Å². The van der Waals surface area contributed by atoms with Gasteiger partial charge in [0.2, 0.25) is 0 Å². The van der Waals surface area contributed by atoms with Crippen LogP contribution >= 0.6 is 0 Å². The second-order valence-corrected chi connectivity index (χ2v) is 5.39. The molecule has 2 aromatic carbocycles. The molecule has 0 fully saturated rings. The zero-order chi connectivity index (χ0) is 14.8. The molecule has 22 heavy (non-hydrogen) atoms. The van der Waals surface area contributed by atoms with E-state index in [0.29, 0.717) is 0 Å². The smallest absolute Gasteiger partial charge is 0.133 e. The average Bonchev–Trinajstić information content (AvgIpc) is 2.63. The van der Waals surface area contributed by atoms with E-state index >= 15 is 0 Å². The third-order valence-corrected chi connectivity index (χ3v) is 4.06. The molecule has 0 saturated heterocycles. The highest BCUT2D eigenvalue weighted by atomic mass is 15.2. The third-order valence-electron chi connectivity index (χ3n) is 4.06. The summed E-state index contributed by atoms with van der Waals surface area (Å²) < 4.78 is 0. The SMILES string of the molecule is C1=CC2=NC(c3ccccc3)(c3ccccc3)C=CN2C=C1. The fourth-order valence-electron chi connectivity index (χ4n) is 2.95. The summed E-state index contributed by atoms with van der Waals surface area (Å²) in [5.41, 5.74) is 1.88. The van der Waals surface area contributed by atoms with Gasteiger partial charge in [-0.1, -0.05) is 66.7 Å². The fraction of sp³-hybridized carbons (Fsp3) is 0.0500. The summed E-state index contributed by atoms with van der Waals surface area (Å²) in [6.45, 7) is 0. The van der Waals surface area contributed by atoms with E-state index in [1.807, 2.05) is 41.5 Å². The number of benzene rings is 2. The molecule has 0 saturated carbocycles. The van der Waals surface area contributed by atoms with Crippen LogP contribution in [0.4, 0.5) is 0 Å². The first kappa shape index (κ1) is 12.8. The number of aliphatic imine (C=N–C) groups is 1. The van der Waals surface area contributed by atoms with Crippen LogP contribution in [-0.4, -0.2) is 10.7 Å². The average molecular weight is 284 g/mol. The van der Waals surface area contributed by atoms with Gasteiger partial charge in [-0.15, -0.1) is 0 Å². The number of amidine groups is 1. The Kier molecular flexibility index (Phi) is 3.01. The molecule has 0 spiro atoms. The Labute approximate surface area is 130 Å². The first-order valence-corrected chi connectivity index (χ1v) is 7.42. The molecule has 2 heterocycles. The van der Waals surface area contributed by atoms with E-state index in [0.717, 1.165) is 5.84 Å². The van der Waals surface area contributed by atoms with Gasteiger partial charge in [0.15, 0.2) is 0 Å². The minimum absolute atomic E-state index is 0.468. The van der Waals surface area contributed by atoms with Crippen molar-refractivity contribution in [1.29, 1.82) is 0 Å². The van der Waals surface area contributed by atoms with Crippen molar-refractivity contribution in [3.63, 3.8) is 0 Å². The van der Waals surface area contributed by atoms with Crippen LogP contribution in [0, 0.1) is 0 Å². The van der Waals surface area contributed by atoms with Crippen molar-refractivity contribution in [1.82, 2.24) is 4.90 Å². The lowest BCUT2D eigenvalue weighted by molar-refractivity contribution is 0.608. The van der Waals surface area contributed by atoms with Gasteiger partial charge in [0.05, 0.1) is 0 Å². The van der Waals surface area contributed by atoms with E-state index < -0.39 is 5.54 Å². The van der Waals surface area contributed by atoms with E-state index in [1.54, 1.807) is 0 Å². The molecule has 0 amide bonds. The molecule has 2 aliphatic rings. The number of rotatable bonds is 2. The van der Waals surface area contributed by atoms with Crippen LogP contribution in [0.1, 0.15) is 11.1 Å². The number of nitrogens with zero attached hydrogens (tertiary/aromatic N) is 2. The van der Waals surface area contributed by atoms with E-state index in [-0.39, 0.29) is 0 Å². The molecule has 0 aliphatic carbocycles. The van der Waals surface area contributed by atoms with Crippen molar-refractivity contribution < 1.29 is 0 Å². The Morgan fingerprint density at radius 3 is 2.00 bits per heavy atom. The summed E-state index contributed by atoms with van der Waals surface area (Å²) in [6, 6.07) is 20.9. The summed E-state index contributed by atoms with van der Waals surface area (Å²) in [7, 11) is 0. The number of hydrogen-bond acceptors (Lipinski definition) is 2. The Balaban J connectivity index is 1.94. The summed E-state index contributed by atoms with van der Waals surface area (Å²) in [5, 5.41) is 0. The molecule has 0 unspecified atom stereocenters. The number of fused-ring (bicyclic) bond motifs is 1. The Morgan fingerprint density at radius 1 is 0.727 bits per heavy atom. The molecule has 0 aromatic heterocycles. The van der Waals surface area contributed by atoms with Crippen molar-refractivity contribution in [2.45, 2.75) is 5.54 Å². The maximum atomic E-state index is 5.09. The highest BCUT2D eigenvalue weighted by molar-refractivity contribution is 5.97. The largest absolute Gasteiger partial charge is 0.309 e. The van der Waals surface area contributed by atoms with Gasteiger partial charge in [0, 0.05) is 12.4 Å². The summed E-state index contributed by atoms with van der Waals surface area (Å²) in [5.74, 6) is 0.956. The summed E-state index contributed by atoms with van der Waals surface area (Å²) in [4.78, 5) is 7.14. The van der Waals surface area contributed by atoms with Crippen molar-refractivity contribution in [2.75, 3.05) is 0 Å². The quantitative estimate of drug-likeness (QED) is 0.805. The zero-order valence-corrected chi connectivity index (χ0v) is 12.1. The number of hydrogen-bond donors (Lipinski definition) is 0. The lowest BCUT2D eigenvalue weighted by atomic mass is 9.82. The van der Waals surface area contributed by atoms with E-state index in [4.69, 9.17) is 4.99 Å². The van der Waals surface area contributed by atoms with Crippen LogP contribution in [0.15, 0.2) is 102 Å². The molecule has 2 aromatic rings. The van der Waals surface area contributed by atoms with Crippen LogP contribution in [0.3, 0.4) is 0 Å². The normalized spacial score (nSPS) is 18.0. The zero-order valence-electron chi connectivity index (χ0n) is 12.1. The number of allylic oxidation sites excluding steroid dienone is 2. The maximum absolute atomic E-state index is 5.09. The van der Waals surface area contributed by atoms with Gasteiger partial charge in [-0.25, -0.2) is 4.99 Å². The van der Waals surface area contributed by atoms with Crippen molar-refractivity contribution in [3.8, 4) is 0 Å². The Hall–Kier alpha value is -2.87. The highest BCUT2D eigenvalue weighted by Crippen LogP contribution is 2.38. The summed E-state index contributed by atoms with van der Waals surface area (Å²) >= 11 is 0. The van der Waals surface area contributed by atoms with Crippen molar-refractivity contribution >= 4 is 5.84 Å². The Morgan fingerprint density at radius 2 is 1.36 bits per heavy atom. The van der Waals surface area contributed by atoms with Gasteiger partial charge in [0.1, 0.15) is 11.4 Å². The van der Waals surface area contributed by atoms with E-state index in [2.05, 4.69) is 60.8 Å². The topological polar surface area (TPSA) is 15.6 Å². The van der Waals surface area contributed by atoms with Crippen molar-refractivity contribution in [3.05, 3.63) is 108 Å². The van der Waals surface area contributed by atoms with E-state index in [9.17, 15) is 0 Å². The van der Waals surface area contributed by atoms with Gasteiger partial charge in [-0.05, 0) is 29.4 Å². The minimum Gasteiger partial charge on any atom is -0.309 e. The molecule has 0 radical (unpaired) electrons. The molecule has 0 N–H and O–H groups in total. The van der Waals surface area contributed by atoms with Gasteiger partial charge < -0.3 is 4.90 Å². The van der Waals surface area contributed by atoms with Crippen molar-refractivity contribution in [2.24, 2.45) is 4.99 Å². The molecule has 2 heteroatoms. The Bertz CT molecular complexity index is 743. The van der Waals surface area contributed by atoms with E-state index in [1.165, 1.54) is 11.1 Å². The summed E-state index contributed by atoms with van der Waals surface area (Å²) in [6.07, 6.45) is 12.4. The molecule has 106 valence electrons. The fourth-order valence-corrected chi connectivity index (χ4v) is 2.95. The minimum atomic E-state index is -0.468. The van der Waals surface area contributed by atoms with Gasteiger partial charge in [0.25, 0.3) is 0 Å². The van der Waals surface area contributed by atoms with Gasteiger partial charge in [-0.3, -0.25) is 0 Å². The predicted octanol–water partition coefficient (Wildman–Crippen LogP) is 4.24. The molecule has 0 bridgehead atoms. The first-order chi connectivity index (χ1) is 10.9. The maximum Gasteiger partial charge on any atom is 0.133 e. The lowest BCUT2D eigenvalue weighted by Crippen LogP contribution is -2.33. The predicted molar refractivity (Wildman–Crippen MR) is 90.4 cm³/mol. The van der Waals surface area contributed by atoms with Crippen LogP contribution in [0.25, 0.3) is 0 Å². The van der Waals surface area contributed by atoms with Gasteiger partial charge >= 0.3 is 0 Å². The van der Waals surface area contributed by atoms with Crippen LogP contribution in [0.5, 0.6) is 0 Å². The second kappa shape index (κ2) is 5.15. The van der Waals surface area contributed by atoms with Crippen LogP contribution < -0.4 is 0 Å². The molecular formula is C20H16N2. The molecule has 4 rings (SSSR count).